The molecule has 0 aliphatic heterocycles. The van der Waals surface area contributed by atoms with Gasteiger partial charge in [-0.25, -0.2) is 0 Å². The van der Waals surface area contributed by atoms with Gasteiger partial charge in [-0.3, -0.25) is 0 Å². The summed E-state index contributed by atoms with van der Waals surface area (Å²) in [6.07, 6.45) is 9.29. The first kappa shape index (κ1) is 12.0. The quantitative estimate of drug-likeness (QED) is 0.621. The third-order valence-electron chi connectivity index (χ3n) is 4.56. The Labute approximate surface area is 117 Å². The molecule has 2 aliphatic rings. The molecule has 0 aromatic heterocycles. The number of benzene rings is 1. The summed E-state index contributed by atoms with van der Waals surface area (Å²) in [5, 5.41) is 8.93. The second-order valence-corrected chi connectivity index (χ2v) is 6.30. The van der Waals surface area contributed by atoms with Gasteiger partial charge in [0, 0.05) is 10.5 Å². The lowest BCUT2D eigenvalue weighted by atomic mass is 9.67. The predicted octanol–water partition coefficient (Wildman–Crippen LogP) is 4.96. The summed E-state index contributed by atoms with van der Waals surface area (Å²) in [4.78, 5) is 0. The Morgan fingerprint density at radius 1 is 1.22 bits per heavy atom. The summed E-state index contributed by atoms with van der Waals surface area (Å²) >= 11 is 3.74. The first-order chi connectivity index (χ1) is 8.77. The lowest BCUT2D eigenvalue weighted by Crippen LogP contribution is -2.27. The van der Waals surface area contributed by atoms with E-state index in [9.17, 15) is 0 Å². The molecule has 2 aliphatic carbocycles. The van der Waals surface area contributed by atoms with Gasteiger partial charge in [-0.15, -0.1) is 0 Å². The van der Waals surface area contributed by atoms with Gasteiger partial charge < -0.3 is 0 Å². The Kier molecular flexibility index (Phi) is 3.03. The van der Waals surface area contributed by atoms with Crippen molar-refractivity contribution in [2.45, 2.75) is 43.9 Å². The van der Waals surface area contributed by atoms with Crippen LogP contribution in [-0.4, -0.2) is 0 Å². The largest absolute Gasteiger partial charge is 0.193 e. The molecule has 1 saturated carbocycles. The molecule has 0 saturated heterocycles. The van der Waals surface area contributed by atoms with Crippen molar-refractivity contribution in [3.8, 4) is 6.07 Å². The Bertz CT molecular complexity index is 545. The fourth-order valence-corrected chi connectivity index (χ4v) is 4.53. The molecule has 0 atom stereocenters. The lowest BCUT2D eigenvalue weighted by molar-refractivity contribution is 0.399. The number of allylic oxidation sites excluding steroid dienone is 2. The Morgan fingerprint density at radius 3 is 2.72 bits per heavy atom. The van der Waals surface area contributed by atoms with Gasteiger partial charge in [0.05, 0.1) is 6.07 Å². The Morgan fingerprint density at radius 2 is 2.00 bits per heavy atom. The molecular formula is C16H16BrN. The van der Waals surface area contributed by atoms with Gasteiger partial charge >= 0.3 is 0 Å². The molecule has 2 heteroatoms. The van der Waals surface area contributed by atoms with E-state index in [0.29, 0.717) is 5.41 Å². The van der Waals surface area contributed by atoms with Gasteiger partial charge in [0.15, 0.2) is 0 Å². The van der Waals surface area contributed by atoms with Crippen molar-refractivity contribution >= 4 is 21.5 Å². The Hall–Kier alpha value is -1.07. The number of nitrogens with zero attached hydrogens (tertiary/aromatic N) is 1. The summed E-state index contributed by atoms with van der Waals surface area (Å²) < 4.78 is 1.23. The fraction of sp³-hybridized carbons (Fsp3) is 0.438. The monoisotopic (exact) mass is 301 g/mol. The van der Waals surface area contributed by atoms with Gasteiger partial charge in [-0.05, 0) is 53.9 Å². The van der Waals surface area contributed by atoms with Crippen LogP contribution in [0.4, 0.5) is 0 Å². The van der Waals surface area contributed by atoms with E-state index in [1.807, 2.05) is 0 Å². The zero-order chi connectivity index (χ0) is 12.6. The van der Waals surface area contributed by atoms with Crippen molar-refractivity contribution in [2.24, 2.45) is 0 Å². The van der Waals surface area contributed by atoms with Crippen LogP contribution in [0.5, 0.6) is 0 Å². The molecule has 0 radical (unpaired) electrons. The zero-order valence-corrected chi connectivity index (χ0v) is 12.0. The maximum absolute atomic E-state index is 8.93. The number of fused-ring (bicyclic) bond motifs is 2. The van der Waals surface area contributed by atoms with Crippen molar-refractivity contribution < 1.29 is 0 Å². The van der Waals surface area contributed by atoms with Crippen molar-refractivity contribution in [3.63, 3.8) is 0 Å². The van der Waals surface area contributed by atoms with Gasteiger partial charge in [0.2, 0.25) is 0 Å². The van der Waals surface area contributed by atoms with Crippen LogP contribution in [0.1, 0.15) is 49.7 Å². The topological polar surface area (TPSA) is 23.8 Å². The summed E-state index contributed by atoms with van der Waals surface area (Å²) in [6, 6.07) is 8.61. The number of hydrogen-bond acceptors (Lipinski definition) is 1. The average molecular weight is 302 g/mol. The van der Waals surface area contributed by atoms with Crippen molar-refractivity contribution in [1.29, 1.82) is 5.26 Å². The highest BCUT2D eigenvalue weighted by atomic mass is 79.9. The van der Waals surface area contributed by atoms with Crippen LogP contribution in [0, 0.1) is 11.3 Å². The number of hydrogen-bond donors (Lipinski definition) is 0. The first-order valence-electron chi connectivity index (χ1n) is 6.65. The molecule has 1 spiro atoms. The van der Waals surface area contributed by atoms with Crippen LogP contribution in [0.2, 0.25) is 0 Å². The van der Waals surface area contributed by atoms with Crippen LogP contribution in [0.3, 0.4) is 0 Å². The molecule has 1 aromatic carbocycles. The standard InChI is InChI=1S/C16H16BrN/c17-14-5-3-4-13-12(7-11-18)6-10-16(15(13)14)8-1-2-9-16/h3-5,7H,1-2,6,8-10H2/b12-7+. The lowest BCUT2D eigenvalue weighted by Gasteiger charge is -2.37. The molecule has 0 bridgehead atoms. The van der Waals surface area contributed by atoms with E-state index in [0.717, 1.165) is 6.42 Å². The first-order valence-corrected chi connectivity index (χ1v) is 7.44. The smallest absolute Gasteiger partial charge is 0.0915 e. The van der Waals surface area contributed by atoms with Crippen molar-refractivity contribution in [1.82, 2.24) is 0 Å². The van der Waals surface area contributed by atoms with Crippen LogP contribution in [0.25, 0.3) is 5.57 Å². The van der Waals surface area contributed by atoms with E-state index in [4.69, 9.17) is 5.26 Å². The van der Waals surface area contributed by atoms with E-state index in [1.54, 1.807) is 6.08 Å². The minimum Gasteiger partial charge on any atom is -0.193 e. The highest BCUT2D eigenvalue weighted by Gasteiger charge is 2.41. The SMILES string of the molecule is N#C/C=C1\CCC2(CCCC2)c2c(Br)cccc21. The van der Waals surface area contributed by atoms with E-state index in [2.05, 4.69) is 40.2 Å². The van der Waals surface area contributed by atoms with E-state index >= 15 is 0 Å². The number of nitriles is 1. The maximum Gasteiger partial charge on any atom is 0.0915 e. The maximum atomic E-state index is 8.93. The summed E-state index contributed by atoms with van der Waals surface area (Å²) in [6.45, 7) is 0. The highest BCUT2D eigenvalue weighted by molar-refractivity contribution is 9.10. The molecule has 92 valence electrons. The van der Waals surface area contributed by atoms with Crippen LogP contribution >= 0.6 is 15.9 Å². The van der Waals surface area contributed by atoms with Crippen molar-refractivity contribution in [3.05, 3.63) is 39.9 Å². The van der Waals surface area contributed by atoms with Gasteiger partial charge in [-0.2, -0.15) is 5.26 Å². The van der Waals surface area contributed by atoms with E-state index < -0.39 is 0 Å². The van der Waals surface area contributed by atoms with Crippen molar-refractivity contribution in [2.75, 3.05) is 0 Å². The summed E-state index contributed by atoms with van der Waals surface area (Å²) in [5.41, 5.74) is 4.36. The third kappa shape index (κ3) is 1.73. The highest BCUT2D eigenvalue weighted by Crippen LogP contribution is 2.53. The second kappa shape index (κ2) is 4.55. The van der Waals surface area contributed by atoms with E-state index in [1.165, 1.54) is 53.3 Å². The van der Waals surface area contributed by atoms with Crippen LogP contribution in [0.15, 0.2) is 28.7 Å². The molecule has 1 fully saturated rings. The van der Waals surface area contributed by atoms with Crippen LogP contribution in [-0.2, 0) is 5.41 Å². The Balaban J connectivity index is 2.21. The second-order valence-electron chi connectivity index (χ2n) is 5.45. The predicted molar refractivity (Wildman–Crippen MR) is 77.1 cm³/mol. The molecule has 0 amide bonds. The summed E-state index contributed by atoms with van der Waals surface area (Å²) in [7, 11) is 0. The zero-order valence-electron chi connectivity index (χ0n) is 10.4. The molecular weight excluding hydrogens is 286 g/mol. The minimum atomic E-state index is 0.377. The minimum absolute atomic E-state index is 0.377. The van der Waals surface area contributed by atoms with Crippen LogP contribution < -0.4 is 0 Å². The number of halogens is 1. The average Bonchev–Trinajstić information content (AvgIpc) is 2.83. The van der Waals surface area contributed by atoms with E-state index in [-0.39, 0.29) is 0 Å². The summed E-state index contributed by atoms with van der Waals surface area (Å²) in [5.74, 6) is 0. The molecule has 18 heavy (non-hydrogen) atoms. The van der Waals surface area contributed by atoms with Gasteiger partial charge in [0.25, 0.3) is 0 Å². The molecule has 1 nitrogen and oxygen atoms in total. The molecule has 3 rings (SSSR count). The van der Waals surface area contributed by atoms with Gasteiger partial charge in [-0.1, -0.05) is 40.9 Å². The number of rotatable bonds is 0. The molecule has 0 N–H and O–H groups in total. The molecule has 1 aromatic rings. The normalized spacial score (nSPS) is 23.0. The van der Waals surface area contributed by atoms with Gasteiger partial charge in [0.1, 0.15) is 0 Å². The fourth-order valence-electron chi connectivity index (χ4n) is 3.74. The molecule has 0 unspecified atom stereocenters. The molecule has 0 heterocycles. The third-order valence-corrected chi connectivity index (χ3v) is 5.22.